The predicted molar refractivity (Wildman–Crippen MR) is 34.0 cm³/mol. The van der Waals surface area contributed by atoms with Crippen LogP contribution in [0.3, 0.4) is 0 Å². The van der Waals surface area contributed by atoms with Crippen LogP contribution in [0.5, 0.6) is 0 Å². The van der Waals surface area contributed by atoms with Crippen molar-refractivity contribution in [1.29, 1.82) is 0 Å². The molecule has 0 amide bonds. The number of hydrogen-bond donors (Lipinski definition) is 0. The maximum atomic E-state index is 9.92. The molecule has 0 bridgehead atoms. The molecule has 9 heavy (non-hydrogen) atoms. The predicted octanol–water partition coefficient (Wildman–Crippen LogP) is 0.498. The molecule has 0 aromatic rings. The second kappa shape index (κ2) is 3.63. The molecule has 0 aliphatic carbocycles. The van der Waals surface area contributed by atoms with E-state index in [-0.39, 0.29) is 5.75 Å². The van der Waals surface area contributed by atoms with Gasteiger partial charge in [0.2, 0.25) is 0 Å². The quantitative estimate of drug-likeness (QED) is 0.332. The highest BCUT2D eigenvalue weighted by Gasteiger charge is 1.91. The average Bonchev–Trinajstić information content (AvgIpc) is 1.63. The fourth-order valence-corrected chi connectivity index (χ4v) is 0.925. The van der Waals surface area contributed by atoms with Crippen molar-refractivity contribution in [2.24, 2.45) is 0 Å². The van der Waals surface area contributed by atoms with Gasteiger partial charge in [0.25, 0.3) is 0 Å². The van der Waals surface area contributed by atoms with Crippen molar-refractivity contribution in [2.45, 2.75) is 12.8 Å². The van der Waals surface area contributed by atoms with Crippen molar-refractivity contribution in [3.05, 3.63) is 12.7 Å². The lowest BCUT2D eigenvalue weighted by Gasteiger charge is -2.03. The summed E-state index contributed by atoms with van der Waals surface area (Å²) < 4.78 is 29.7. The number of allylic oxidation sites excluding steroid dienone is 1. The minimum atomic E-state index is -3.99. The van der Waals surface area contributed by atoms with Crippen LogP contribution in [0.4, 0.5) is 0 Å². The highest BCUT2D eigenvalue weighted by Crippen LogP contribution is 1.92. The van der Waals surface area contributed by atoms with Crippen molar-refractivity contribution < 1.29 is 13.0 Å². The van der Waals surface area contributed by atoms with Crippen molar-refractivity contribution in [1.82, 2.24) is 0 Å². The maximum Gasteiger partial charge on any atom is 0.0946 e. The van der Waals surface area contributed by atoms with Gasteiger partial charge in [0, 0.05) is 5.75 Å². The number of hydrogen-bond acceptors (Lipinski definition) is 3. The molecular formula is C5H9O3S-. The van der Waals surface area contributed by atoms with Gasteiger partial charge in [0.15, 0.2) is 0 Å². The third-order valence-electron chi connectivity index (χ3n) is 0.803. The molecule has 0 fully saturated rings. The zero-order valence-electron chi connectivity index (χ0n) is 5.04. The Balaban J connectivity index is 3.40. The molecule has 0 spiro atoms. The van der Waals surface area contributed by atoms with Gasteiger partial charge in [0.1, 0.15) is 0 Å². The molecule has 0 aromatic carbocycles. The Labute approximate surface area is 55.1 Å². The highest BCUT2D eigenvalue weighted by molar-refractivity contribution is 7.85. The van der Waals surface area contributed by atoms with Gasteiger partial charge in [-0.3, -0.25) is 0 Å². The molecular weight excluding hydrogens is 140 g/mol. The zero-order chi connectivity index (χ0) is 7.33. The lowest BCUT2D eigenvalue weighted by atomic mass is 10.3. The molecule has 4 heteroatoms. The minimum absolute atomic E-state index is 0.279. The average molecular weight is 149 g/mol. The van der Waals surface area contributed by atoms with E-state index < -0.39 is 10.1 Å². The smallest absolute Gasteiger partial charge is 0.0946 e. The van der Waals surface area contributed by atoms with Crippen molar-refractivity contribution in [3.63, 3.8) is 0 Å². The van der Waals surface area contributed by atoms with E-state index in [0.29, 0.717) is 12.8 Å². The Hall–Kier alpha value is -0.350. The molecule has 0 atom stereocenters. The summed E-state index contributed by atoms with van der Waals surface area (Å²) >= 11 is 0. The van der Waals surface area contributed by atoms with E-state index in [1.807, 2.05) is 0 Å². The zero-order valence-corrected chi connectivity index (χ0v) is 5.86. The number of unbranched alkanes of at least 4 members (excludes halogenated alkanes) is 1. The molecule has 0 aliphatic heterocycles. The molecule has 0 saturated heterocycles. The first-order chi connectivity index (χ1) is 4.06. The lowest BCUT2D eigenvalue weighted by molar-refractivity contribution is 0.461. The summed E-state index contributed by atoms with van der Waals surface area (Å²) in [6, 6.07) is 0. The Bertz CT molecular complexity index is 169. The lowest BCUT2D eigenvalue weighted by Crippen LogP contribution is -2.03. The molecule has 0 aromatic heterocycles. The molecule has 0 aliphatic rings. The van der Waals surface area contributed by atoms with E-state index in [0.717, 1.165) is 0 Å². The van der Waals surface area contributed by atoms with Gasteiger partial charge in [0.05, 0.1) is 10.1 Å². The van der Waals surface area contributed by atoms with E-state index in [9.17, 15) is 13.0 Å². The van der Waals surface area contributed by atoms with Crippen LogP contribution < -0.4 is 0 Å². The monoisotopic (exact) mass is 149 g/mol. The van der Waals surface area contributed by atoms with Gasteiger partial charge in [-0.15, -0.1) is 6.58 Å². The molecule has 0 saturated carbocycles. The van der Waals surface area contributed by atoms with Crippen molar-refractivity contribution in [3.8, 4) is 0 Å². The molecule has 3 nitrogen and oxygen atoms in total. The van der Waals surface area contributed by atoms with Crippen LogP contribution >= 0.6 is 0 Å². The van der Waals surface area contributed by atoms with Crippen LogP contribution in [-0.2, 0) is 10.1 Å². The molecule has 0 unspecified atom stereocenters. The molecule has 0 N–H and O–H groups in total. The topological polar surface area (TPSA) is 57.2 Å². The summed E-state index contributed by atoms with van der Waals surface area (Å²) in [6.45, 7) is 3.38. The normalized spacial score (nSPS) is 11.2. The van der Waals surface area contributed by atoms with Crippen LogP contribution in [0.2, 0.25) is 0 Å². The third kappa shape index (κ3) is 7.65. The fourth-order valence-electron chi connectivity index (χ4n) is 0.404. The molecule has 0 rings (SSSR count). The van der Waals surface area contributed by atoms with Gasteiger partial charge in [-0.25, -0.2) is 8.42 Å². The van der Waals surface area contributed by atoms with Crippen LogP contribution in [-0.4, -0.2) is 18.7 Å². The highest BCUT2D eigenvalue weighted by atomic mass is 32.2. The summed E-state index contributed by atoms with van der Waals surface area (Å²) in [5.41, 5.74) is 0. The van der Waals surface area contributed by atoms with Gasteiger partial charge >= 0.3 is 0 Å². The van der Waals surface area contributed by atoms with Crippen molar-refractivity contribution >= 4 is 10.1 Å². The van der Waals surface area contributed by atoms with Gasteiger partial charge in [-0.1, -0.05) is 6.08 Å². The second-order valence-corrected chi connectivity index (χ2v) is 3.22. The van der Waals surface area contributed by atoms with Crippen LogP contribution in [0.25, 0.3) is 0 Å². The SMILES string of the molecule is C=CCCCS(=O)(=O)[O-]. The minimum Gasteiger partial charge on any atom is -0.748 e. The van der Waals surface area contributed by atoms with Crippen LogP contribution in [0, 0.1) is 0 Å². The largest absolute Gasteiger partial charge is 0.748 e. The number of rotatable bonds is 4. The molecule has 0 radical (unpaired) electrons. The molecule has 0 heterocycles. The van der Waals surface area contributed by atoms with Crippen LogP contribution in [0.1, 0.15) is 12.8 Å². The fraction of sp³-hybridized carbons (Fsp3) is 0.600. The van der Waals surface area contributed by atoms with Gasteiger partial charge < -0.3 is 4.55 Å². The third-order valence-corrected chi connectivity index (χ3v) is 1.59. The molecule has 54 valence electrons. The van der Waals surface area contributed by atoms with E-state index in [2.05, 4.69) is 6.58 Å². The first-order valence-electron chi connectivity index (χ1n) is 2.61. The standard InChI is InChI=1S/C5H10O3S/c1-2-3-4-5-9(6,7)8/h2H,1,3-5H2,(H,6,7,8)/p-1. The summed E-state index contributed by atoms with van der Waals surface area (Å²) in [7, 11) is -3.99. The van der Waals surface area contributed by atoms with E-state index in [1.165, 1.54) is 0 Å². The first kappa shape index (κ1) is 8.65. The van der Waals surface area contributed by atoms with E-state index >= 15 is 0 Å². The van der Waals surface area contributed by atoms with Crippen molar-refractivity contribution in [2.75, 3.05) is 5.75 Å². The Morgan fingerprint density at radius 1 is 1.56 bits per heavy atom. The Kier molecular flexibility index (Phi) is 3.49. The first-order valence-corrected chi connectivity index (χ1v) is 4.18. The maximum absolute atomic E-state index is 9.92. The summed E-state index contributed by atoms with van der Waals surface area (Å²) in [4.78, 5) is 0. The van der Waals surface area contributed by atoms with Crippen LogP contribution in [0.15, 0.2) is 12.7 Å². The Morgan fingerprint density at radius 2 is 2.11 bits per heavy atom. The van der Waals surface area contributed by atoms with Gasteiger partial charge in [-0.2, -0.15) is 0 Å². The Morgan fingerprint density at radius 3 is 2.44 bits per heavy atom. The second-order valence-electron chi connectivity index (χ2n) is 1.69. The van der Waals surface area contributed by atoms with E-state index in [1.54, 1.807) is 6.08 Å². The summed E-state index contributed by atoms with van der Waals surface area (Å²) in [5, 5.41) is 0. The summed E-state index contributed by atoms with van der Waals surface area (Å²) in [5.74, 6) is -0.279. The van der Waals surface area contributed by atoms with E-state index in [4.69, 9.17) is 0 Å². The van der Waals surface area contributed by atoms with Gasteiger partial charge in [-0.05, 0) is 12.8 Å². The summed E-state index contributed by atoms with van der Waals surface area (Å²) in [6.07, 6.45) is 2.56.